The molecule has 0 spiro atoms. The summed E-state index contributed by atoms with van der Waals surface area (Å²) in [6.45, 7) is 0. The Labute approximate surface area is 116 Å². The molecule has 18 heavy (non-hydrogen) atoms. The number of nitrogens with zero attached hydrogens (tertiary/aromatic N) is 1. The van der Waals surface area contributed by atoms with Crippen LogP contribution in [0.5, 0.6) is 0 Å². The normalized spacial score (nSPS) is 23.1. The summed E-state index contributed by atoms with van der Waals surface area (Å²) in [5.41, 5.74) is 0.422. The summed E-state index contributed by atoms with van der Waals surface area (Å²) in [6, 6.07) is 1.67. The van der Waals surface area contributed by atoms with Gasteiger partial charge in [0.05, 0.1) is 16.7 Å². The van der Waals surface area contributed by atoms with E-state index in [-0.39, 0.29) is 28.2 Å². The molecule has 1 fully saturated rings. The lowest BCUT2D eigenvalue weighted by Gasteiger charge is -2.13. The van der Waals surface area contributed by atoms with Crippen LogP contribution in [0.3, 0.4) is 0 Å². The number of nitrogens with one attached hydrogen (secondary N) is 1. The Balaban J connectivity index is 1.97. The number of halogens is 2. The first-order valence-electron chi connectivity index (χ1n) is 5.75. The van der Waals surface area contributed by atoms with Crippen molar-refractivity contribution in [1.82, 2.24) is 10.3 Å². The lowest BCUT2D eigenvalue weighted by molar-refractivity contribution is 0.0914. The number of carbonyl (C=O) groups is 1. The zero-order chi connectivity index (χ0) is 13.1. The highest BCUT2D eigenvalue weighted by Crippen LogP contribution is 2.23. The first-order chi connectivity index (χ1) is 8.60. The third-order valence-electron chi connectivity index (χ3n) is 3.11. The van der Waals surface area contributed by atoms with Gasteiger partial charge in [-0.05, 0) is 25.3 Å². The fraction of sp³-hybridized carbons (Fsp3) is 0.500. The molecule has 1 aliphatic carbocycles. The summed E-state index contributed by atoms with van der Waals surface area (Å²) in [6.07, 6.45) is 4.41. The lowest BCUT2D eigenvalue weighted by Crippen LogP contribution is -2.33. The van der Waals surface area contributed by atoms with E-state index in [1.54, 1.807) is 7.11 Å². The number of aromatic nitrogens is 1. The molecule has 0 radical (unpaired) electrons. The van der Waals surface area contributed by atoms with Gasteiger partial charge in [0.15, 0.2) is 0 Å². The Morgan fingerprint density at radius 3 is 2.89 bits per heavy atom. The molecule has 4 nitrogen and oxygen atoms in total. The average molecular weight is 289 g/mol. The average Bonchev–Trinajstić information content (AvgIpc) is 2.80. The fourth-order valence-electron chi connectivity index (χ4n) is 2.10. The fourth-order valence-corrected chi connectivity index (χ4v) is 2.37. The van der Waals surface area contributed by atoms with Crippen molar-refractivity contribution in [2.24, 2.45) is 0 Å². The van der Waals surface area contributed by atoms with Crippen molar-refractivity contribution in [3.8, 4) is 0 Å². The molecule has 0 aromatic carbocycles. The standard InChI is InChI=1S/C12H14Cl2N2O2/c1-18-9-3-2-8(5-9)16-12(17)7-4-10(13)11(14)15-6-7/h4,6,8-9H,2-3,5H2,1H3,(H,16,17). The van der Waals surface area contributed by atoms with Crippen molar-refractivity contribution in [2.45, 2.75) is 31.4 Å². The molecule has 2 unspecified atom stereocenters. The van der Waals surface area contributed by atoms with Gasteiger partial charge in [0.25, 0.3) is 5.91 Å². The molecule has 98 valence electrons. The Bertz CT molecular complexity index is 454. The van der Waals surface area contributed by atoms with Gasteiger partial charge in [0.2, 0.25) is 0 Å². The van der Waals surface area contributed by atoms with Crippen LogP contribution in [0.1, 0.15) is 29.6 Å². The number of methoxy groups -OCH3 is 1. The van der Waals surface area contributed by atoms with Crippen LogP contribution in [0.2, 0.25) is 10.2 Å². The van der Waals surface area contributed by atoms with Crippen LogP contribution < -0.4 is 5.32 Å². The van der Waals surface area contributed by atoms with E-state index < -0.39 is 0 Å². The van der Waals surface area contributed by atoms with E-state index >= 15 is 0 Å². The Morgan fingerprint density at radius 1 is 1.50 bits per heavy atom. The molecule has 1 saturated carbocycles. The first kappa shape index (κ1) is 13.6. The van der Waals surface area contributed by atoms with Crippen molar-refractivity contribution in [1.29, 1.82) is 0 Å². The van der Waals surface area contributed by atoms with Crippen LogP contribution >= 0.6 is 23.2 Å². The number of hydrogen-bond acceptors (Lipinski definition) is 3. The molecule has 1 N–H and O–H groups in total. The van der Waals surface area contributed by atoms with Gasteiger partial charge in [0.1, 0.15) is 5.15 Å². The minimum absolute atomic E-state index is 0.150. The summed E-state index contributed by atoms with van der Waals surface area (Å²) in [7, 11) is 1.69. The minimum atomic E-state index is -0.178. The number of ether oxygens (including phenoxy) is 1. The van der Waals surface area contributed by atoms with Crippen LogP contribution in [0.15, 0.2) is 12.3 Å². The smallest absolute Gasteiger partial charge is 0.253 e. The molecule has 6 heteroatoms. The van der Waals surface area contributed by atoms with E-state index in [9.17, 15) is 4.79 Å². The van der Waals surface area contributed by atoms with Gasteiger partial charge in [-0.15, -0.1) is 0 Å². The van der Waals surface area contributed by atoms with Crippen molar-refractivity contribution in [2.75, 3.05) is 7.11 Å². The van der Waals surface area contributed by atoms with Crippen LogP contribution in [0.25, 0.3) is 0 Å². The van der Waals surface area contributed by atoms with Gasteiger partial charge in [-0.25, -0.2) is 4.98 Å². The van der Waals surface area contributed by atoms with Gasteiger partial charge in [-0.2, -0.15) is 0 Å². The second kappa shape index (κ2) is 5.87. The number of rotatable bonds is 3. The maximum Gasteiger partial charge on any atom is 0.253 e. The third-order valence-corrected chi connectivity index (χ3v) is 3.80. The van der Waals surface area contributed by atoms with Crippen molar-refractivity contribution in [3.05, 3.63) is 28.0 Å². The summed E-state index contributed by atoms with van der Waals surface area (Å²) in [4.78, 5) is 15.8. The second-order valence-corrected chi connectivity index (χ2v) is 5.10. The Kier molecular flexibility index (Phi) is 4.43. The van der Waals surface area contributed by atoms with Crippen molar-refractivity contribution >= 4 is 29.1 Å². The number of pyridine rings is 1. The SMILES string of the molecule is COC1CCC(NC(=O)c2cnc(Cl)c(Cl)c2)C1. The molecule has 1 aromatic heterocycles. The maximum absolute atomic E-state index is 12.0. The Hall–Kier alpha value is -0.840. The number of hydrogen-bond donors (Lipinski definition) is 1. The predicted octanol–water partition coefficient (Wildman–Crippen LogP) is 2.69. The monoisotopic (exact) mass is 288 g/mol. The van der Waals surface area contributed by atoms with Crippen LogP contribution in [0.4, 0.5) is 0 Å². The zero-order valence-electron chi connectivity index (χ0n) is 9.95. The van der Waals surface area contributed by atoms with Crippen molar-refractivity contribution < 1.29 is 9.53 Å². The molecule has 2 atom stereocenters. The lowest BCUT2D eigenvalue weighted by atomic mass is 10.2. The molecule has 1 heterocycles. The van der Waals surface area contributed by atoms with Gasteiger partial charge in [0, 0.05) is 19.3 Å². The molecule has 0 aliphatic heterocycles. The third kappa shape index (κ3) is 3.13. The highest BCUT2D eigenvalue weighted by molar-refractivity contribution is 6.41. The highest BCUT2D eigenvalue weighted by atomic mass is 35.5. The zero-order valence-corrected chi connectivity index (χ0v) is 11.5. The molecular weight excluding hydrogens is 275 g/mol. The van der Waals surface area contributed by atoms with E-state index in [1.165, 1.54) is 12.3 Å². The largest absolute Gasteiger partial charge is 0.381 e. The Morgan fingerprint density at radius 2 is 2.28 bits per heavy atom. The second-order valence-electron chi connectivity index (χ2n) is 4.34. The molecule has 1 aromatic rings. The summed E-state index contributed by atoms with van der Waals surface area (Å²) in [5, 5.41) is 3.43. The molecule has 0 saturated heterocycles. The van der Waals surface area contributed by atoms with E-state index in [0.717, 1.165) is 19.3 Å². The van der Waals surface area contributed by atoms with Gasteiger partial charge in [-0.3, -0.25) is 4.79 Å². The van der Waals surface area contributed by atoms with Gasteiger partial charge >= 0.3 is 0 Å². The minimum Gasteiger partial charge on any atom is -0.381 e. The predicted molar refractivity (Wildman–Crippen MR) is 70.2 cm³/mol. The molecule has 2 rings (SSSR count). The molecule has 1 amide bonds. The number of amides is 1. The maximum atomic E-state index is 12.0. The van der Waals surface area contributed by atoms with Gasteiger partial charge < -0.3 is 10.1 Å². The van der Waals surface area contributed by atoms with Gasteiger partial charge in [-0.1, -0.05) is 23.2 Å². The quantitative estimate of drug-likeness (QED) is 0.870. The molecular formula is C12H14Cl2N2O2. The van der Waals surface area contributed by atoms with E-state index in [4.69, 9.17) is 27.9 Å². The van der Waals surface area contributed by atoms with E-state index in [2.05, 4.69) is 10.3 Å². The van der Waals surface area contributed by atoms with Crippen LogP contribution in [0, 0.1) is 0 Å². The van der Waals surface area contributed by atoms with Crippen LogP contribution in [-0.4, -0.2) is 30.1 Å². The summed E-state index contributed by atoms with van der Waals surface area (Å²) >= 11 is 11.5. The van der Waals surface area contributed by atoms with Crippen LogP contribution in [-0.2, 0) is 4.74 Å². The highest BCUT2D eigenvalue weighted by Gasteiger charge is 2.26. The first-order valence-corrected chi connectivity index (χ1v) is 6.50. The van der Waals surface area contributed by atoms with E-state index in [1.807, 2.05) is 0 Å². The summed E-state index contributed by atoms with van der Waals surface area (Å²) < 4.78 is 5.26. The summed E-state index contributed by atoms with van der Waals surface area (Å²) in [5.74, 6) is -0.178. The molecule has 0 bridgehead atoms. The van der Waals surface area contributed by atoms with E-state index in [0.29, 0.717) is 5.56 Å². The van der Waals surface area contributed by atoms with Crippen molar-refractivity contribution in [3.63, 3.8) is 0 Å². The topological polar surface area (TPSA) is 51.2 Å². The molecule has 1 aliphatic rings. The number of carbonyl (C=O) groups excluding carboxylic acids is 1.